The van der Waals surface area contributed by atoms with E-state index in [-0.39, 0.29) is 0 Å². The third-order valence-electron chi connectivity index (χ3n) is 3.19. The Labute approximate surface area is 124 Å². The SMILES string of the molecule is CC(O)C(C)O.CCCCCCCCCCCC(=O)O. The highest BCUT2D eigenvalue weighted by molar-refractivity contribution is 5.66. The van der Waals surface area contributed by atoms with Crippen LogP contribution in [-0.4, -0.2) is 33.5 Å². The Morgan fingerprint density at radius 2 is 1.15 bits per heavy atom. The smallest absolute Gasteiger partial charge is 0.303 e. The van der Waals surface area contributed by atoms with Crippen molar-refractivity contribution in [3.63, 3.8) is 0 Å². The van der Waals surface area contributed by atoms with Gasteiger partial charge in [-0.2, -0.15) is 0 Å². The third-order valence-corrected chi connectivity index (χ3v) is 3.19. The lowest BCUT2D eigenvalue weighted by atomic mass is 10.1. The van der Waals surface area contributed by atoms with Crippen LogP contribution >= 0.6 is 0 Å². The van der Waals surface area contributed by atoms with Crippen molar-refractivity contribution in [2.75, 3.05) is 0 Å². The van der Waals surface area contributed by atoms with E-state index in [0.29, 0.717) is 6.42 Å². The van der Waals surface area contributed by atoms with Gasteiger partial charge in [0.1, 0.15) is 0 Å². The van der Waals surface area contributed by atoms with Gasteiger partial charge in [-0.05, 0) is 20.3 Å². The number of rotatable bonds is 11. The van der Waals surface area contributed by atoms with Crippen molar-refractivity contribution in [3.05, 3.63) is 0 Å². The minimum absolute atomic E-state index is 0.343. The molecule has 0 radical (unpaired) electrons. The molecule has 0 aliphatic heterocycles. The molecule has 0 saturated heterocycles. The molecule has 0 heterocycles. The van der Waals surface area contributed by atoms with Crippen molar-refractivity contribution in [3.8, 4) is 0 Å². The molecule has 2 unspecified atom stereocenters. The molecule has 0 aromatic rings. The van der Waals surface area contributed by atoms with E-state index in [0.717, 1.165) is 12.8 Å². The third kappa shape index (κ3) is 22.6. The number of carboxylic acid groups (broad SMARTS) is 1. The molecule has 0 aromatic carbocycles. The predicted octanol–water partition coefficient (Wildman–Crippen LogP) is 3.74. The molecule has 20 heavy (non-hydrogen) atoms. The van der Waals surface area contributed by atoms with Gasteiger partial charge in [0, 0.05) is 6.42 Å². The highest BCUT2D eigenvalue weighted by Crippen LogP contribution is 2.10. The second kappa shape index (κ2) is 16.4. The lowest BCUT2D eigenvalue weighted by Crippen LogP contribution is -2.17. The number of hydrogen-bond donors (Lipinski definition) is 3. The molecular weight excluding hydrogens is 256 g/mol. The summed E-state index contributed by atoms with van der Waals surface area (Å²) in [5, 5.41) is 25.2. The summed E-state index contributed by atoms with van der Waals surface area (Å²) < 4.78 is 0. The lowest BCUT2D eigenvalue weighted by Gasteiger charge is -2.03. The van der Waals surface area contributed by atoms with Crippen LogP contribution in [0.4, 0.5) is 0 Å². The van der Waals surface area contributed by atoms with Crippen LogP contribution in [0.5, 0.6) is 0 Å². The highest BCUT2D eigenvalue weighted by Gasteiger charge is 1.99. The number of aliphatic carboxylic acids is 1. The Morgan fingerprint density at radius 3 is 1.45 bits per heavy atom. The number of hydrogen-bond acceptors (Lipinski definition) is 3. The van der Waals surface area contributed by atoms with Crippen molar-refractivity contribution >= 4 is 5.97 Å². The largest absolute Gasteiger partial charge is 0.481 e. The monoisotopic (exact) mass is 290 g/mol. The summed E-state index contributed by atoms with van der Waals surface area (Å²) in [6, 6.07) is 0. The van der Waals surface area contributed by atoms with E-state index in [9.17, 15) is 4.79 Å². The van der Waals surface area contributed by atoms with Crippen LogP contribution in [0.25, 0.3) is 0 Å². The minimum Gasteiger partial charge on any atom is -0.481 e. The molecule has 0 spiro atoms. The summed E-state index contributed by atoms with van der Waals surface area (Å²) in [7, 11) is 0. The molecule has 0 amide bonds. The molecule has 122 valence electrons. The topological polar surface area (TPSA) is 77.8 Å². The van der Waals surface area contributed by atoms with Gasteiger partial charge in [0.2, 0.25) is 0 Å². The van der Waals surface area contributed by atoms with Gasteiger partial charge in [-0.1, -0.05) is 58.3 Å². The standard InChI is InChI=1S/C12H24O2.C4H10O2/c1-2-3-4-5-6-7-8-9-10-11-12(13)14;1-3(5)4(2)6/h2-11H2,1H3,(H,13,14);3-6H,1-2H3. The summed E-state index contributed by atoms with van der Waals surface area (Å²) in [4.78, 5) is 10.2. The number of carbonyl (C=O) groups is 1. The average Bonchev–Trinajstić information content (AvgIpc) is 2.37. The summed E-state index contributed by atoms with van der Waals surface area (Å²) >= 11 is 0. The van der Waals surface area contributed by atoms with Crippen LogP contribution < -0.4 is 0 Å². The maximum atomic E-state index is 10.2. The zero-order chi connectivity index (χ0) is 15.8. The van der Waals surface area contributed by atoms with Crippen molar-refractivity contribution in [2.45, 2.75) is 97.2 Å². The molecule has 0 aromatic heterocycles. The van der Waals surface area contributed by atoms with Crippen LogP contribution in [0.1, 0.15) is 85.0 Å². The van der Waals surface area contributed by atoms with Crippen LogP contribution in [-0.2, 0) is 4.79 Å². The highest BCUT2D eigenvalue weighted by atomic mass is 16.4. The van der Waals surface area contributed by atoms with Crippen LogP contribution in [0.2, 0.25) is 0 Å². The van der Waals surface area contributed by atoms with Gasteiger partial charge in [0.15, 0.2) is 0 Å². The molecule has 0 saturated carbocycles. The molecule has 0 fully saturated rings. The summed E-state index contributed by atoms with van der Waals surface area (Å²) in [6.45, 7) is 5.32. The van der Waals surface area contributed by atoms with E-state index in [1.807, 2.05) is 0 Å². The van der Waals surface area contributed by atoms with Gasteiger partial charge in [-0.3, -0.25) is 4.79 Å². The van der Waals surface area contributed by atoms with E-state index in [1.54, 1.807) is 13.8 Å². The first kappa shape index (κ1) is 21.7. The Morgan fingerprint density at radius 1 is 0.800 bits per heavy atom. The van der Waals surface area contributed by atoms with Gasteiger partial charge in [-0.25, -0.2) is 0 Å². The fourth-order valence-electron chi connectivity index (χ4n) is 1.59. The first-order valence-electron chi connectivity index (χ1n) is 7.99. The molecule has 0 bridgehead atoms. The summed E-state index contributed by atoms with van der Waals surface area (Å²) in [5.41, 5.74) is 0. The molecule has 4 nitrogen and oxygen atoms in total. The van der Waals surface area contributed by atoms with E-state index >= 15 is 0 Å². The van der Waals surface area contributed by atoms with Gasteiger partial charge in [0.25, 0.3) is 0 Å². The second-order valence-electron chi connectivity index (χ2n) is 5.45. The van der Waals surface area contributed by atoms with Crippen molar-refractivity contribution in [2.24, 2.45) is 0 Å². The quantitative estimate of drug-likeness (QED) is 0.507. The number of carboxylic acids is 1. The zero-order valence-corrected chi connectivity index (χ0v) is 13.5. The molecule has 2 atom stereocenters. The zero-order valence-electron chi connectivity index (χ0n) is 13.5. The van der Waals surface area contributed by atoms with Crippen molar-refractivity contribution in [1.82, 2.24) is 0 Å². The normalized spacial score (nSPS) is 13.2. The van der Waals surface area contributed by atoms with Crippen molar-refractivity contribution < 1.29 is 20.1 Å². The van der Waals surface area contributed by atoms with Gasteiger partial charge in [-0.15, -0.1) is 0 Å². The van der Waals surface area contributed by atoms with E-state index < -0.39 is 18.2 Å². The Balaban J connectivity index is 0. The molecule has 0 rings (SSSR count). The van der Waals surface area contributed by atoms with Crippen molar-refractivity contribution in [1.29, 1.82) is 0 Å². The Kier molecular flexibility index (Phi) is 17.8. The molecular formula is C16H34O4. The average molecular weight is 290 g/mol. The van der Waals surface area contributed by atoms with Gasteiger partial charge >= 0.3 is 5.97 Å². The second-order valence-corrected chi connectivity index (χ2v) is 5.45. The van der Waals surface area contributed by atoms with Gasteiger partial charge < -0.3 is 15.3 Å². The van der Waals surface area contributed by atoms with E-state index in [2.05, 4.69) is 6.92 Å². The van der Waals surface area contributed by atoms with E-state index in [4.69, 9.17) is 15.3 Å². The van der Waals surface area contributed by atoms with Crippen LogP contribution in [0, 0.1) is 0 Å². The molecule has 0 aliphatic carbocycles. The fraction of sp³-hybridized carbons (Fsp3) is 0.938. The number of unbranched alkanes of at least 4 members (excludes halogenated alkanes) is 8. The maximum Gasteiger partial charge on any atom is 0.303 e. The van der Waals surface area contributed by atoms with Gasteiger partial charge in [0.05, 0.1) is 12.2 Å². The number of aliphatic hydroxyl groups excluding tert-OH is 2. The molecule has 3 N–H and O–H groups in total. The maximum absolute atomic E-state index is 10.2. The number of aliphatic hydroxyl groups is 2. The fourth-order valence-corrected chi connectivity index (χ4v) is 1.59. The minimum atomic E-state index is -0.659. The predicted molar refractivity (Wildman–Crippen MR) is 82.8 cm³/mol. The Bertz CT molecular complexity index is 197. The summed E-state index contributed by atoms with van der Waals surface area (Å²) in [5.74, 6) is -0.659. The van der Waals surface area contributed by atoms with E-state index in [1.165, 1.54) is 44.9 Å². The first-order chi connectivity index (χ1) is 9.41. The van der Waals surface area contributed by atoms with Crippen LogP contribution in [0.3, 0.4) is 0 Å². The molecule has 4 heteroatoms. The molecule has 0 aliphatic rings. The lowest BCUT2D eigenvalue weighted by molar-refractivity contribution is -0.137. The van der Waals surface area contributed by atoms with Crippen LogP contribution in [0.15, 0.2) is 0 Å². The first-order valence-corrected chi connectivity index (χ1v) is 7.99. The summed E-state index contributed by atoms with van der Waals surface area (Å²) in [6.07, 6.45) is 10.3. The Hall–Kier alpha value is -0.610.